The number of rotatable bonds is 4. The molecule has 0 radical (unpaired) electrons. The Labute approximate surface area is 93.5 Å². The van der Waals surface area contributed by atoms with Crippen LogP contribution in [0.15, 0.2) is 12.4 Å². The van der Waals surface area contributed by atoms with Crippen molar-refractivity contribution in [2.75, 3.05) is 25.5 Å². The normalized spacial score (nSPS) is 9.80. The molecule has 0 aromatic carbocycles. The second-order valence-electron chi connectivity index (χ2n) is 3.02. The number of hydrogen-bond acceptors (Lipinski definition) is 4. The van der Waals surface area contributed by atoms with Gasteiger partial charge in [0, 0.05) is 39.5 Å². The number of carbonyl (C=O) groups excluding carboxylic acids is 1. The van der Waals surface area contributed by atoms with Gasteiger partial charge in [0.25, 0.3) is 0 Å². The molecule has 0 aliphatic rings. The van der Waals surface area contributed by atoms with Crippen LogP contribution < -0.4 is 10.2 Å². The van der Waals surface area contributed by atoms with Crippen molar-refractivity contribution in [1.82, 2.24) is 15.3 Å². The lowest BCUT2D eigenvalue weighted by atomic mass is 10.4. The number of anilines is 1. The van der Waals surface area contributed by atoms with Crippen molar-refractivity contribution in [3.63, 3.8) is 0 Å². The van der Waals surface area contributed by atoms with E-state index in [1.807, 2.05) is 7.05 Å². The van der Waals surface area contributed by atoms with E-state index in [4.69, 9.17) is 11.6 Å². The molecule has 0 aliphatic carbocycles. The minimum atomic E-state index is -0.0122. The summed E-state index contributed by atoms with van der Waals surface area (Å²) in [4.78, 5) is 20.8. The zero-order valence-corrected chi connectivity index (χ0v) is 9.45. The zero-order valence-electron chi connectivity index (χ0n) is 8.70. The van der Waals surface area contributed by atoms with Gasteiger partial charge in [-0.2, -0.15) is 0 Å². The van der Waals surface area contributed by atoms with Crippen LogP contribution in [0.25, 0.3) is 0 Å². The van der Waals surface area contributed by atoms with Crippen molar-refractivity contribution in [2.24, 2.45) is 0 Å². The van der Waals surface area contributed by atoms with E-state index in [9.17, 15) is 4.79 Å². The Morgan fingerprint density at radius 2 is 2.20 bits per heavy atom. The Morgan fingerprint density at radius 1 is 1.53 bits per heavy atom. The molecule has 5 nitrogen and oxygen atoms in total. The SMILES string of the molecule is CNC(=O)CCN(C)c1nccnc1Cl. The van der Waals surface area contributed by atoms with Crippen molar-refractivity contribution < 1.29 is 4.79 Å². The molecule has 15 heavy (non-hydrogen) atoms. The van der Waals surface area contributed by atoms with Crippen LogP contribution in [-0.4, -0.2) is 36.5 Å². The highest BCUT2D eigenvalue weighted by atomic mass is 35.5. The van der Waals surface area contributed by atoms with E-state index < -0.39 is 0 Å². The van der Waals surface area contributed by atoms with Crippen molar-refractivity contribution in [3.05, 3.63) is 17.5 Å². The van der Waals surface area contributed by atoms with Crippen LogP contribution in [0.1, 0.15) is 6.42 Å². The summed E-state index contributed by atoms with van der Waals surface area (Å²) in [5.74, 6) is 0.574. The molecular weight excluding hydrogens is 216 g/mol. The molecule has 0 aliphatic heterocycles. The van der Waals surface area contributed by atoms with Gasteiger partial charge in [-0.15, -0.1) is 0 Å². The summed E-state index contributed by atoms with van der Waals surface area (Å²) in [6.45, 7) is 0.554. The van der Waals surface area contributed by atoms with Gasteiger partial charge >= 0.3 is 0 Å². The summed E-state index contributed by atoms with van der Waals surface area (Å²) in [5, 5.41) is 2.90. The molecule has 0 bridgehead atoms. The van der Waals surface area contributed by atoms with E-state index in [2.05, 4.69) is 15.3 Å². The first kappa shape index (κ1) is 11.7. The Hall–Kier alpha value is -1.36. The van der Waals surface area contributed by atoms with Crippen LogP contribution in [0.4, 0.5) is 5.82 Å². The number of amides is 1. The van der Waals surface area contributed by atoms with Crippen LogP contribution in [0.5, 0.6) is 0 Å². The van der Waals surface area contributed by atoms with E-state index in [1.165, 1.54) is 6.20 Å². The predicted octanol–water partition coefficient (Wildman–Crippen LogP) is 0.702. The molecule has 0 unspecified atom stereocenters. The van der Waals surface area contributed by atoms with Crippen molar-refractivity contribution in [3.8, 4) is 0 Å². The maximum atomic E-state index is 11.0. The molecule has 0 fully saturated rings. The van der Waals surface area contributed by atoms with Crippen molar-refractivity contribution in [1.29, 1.82) is 0 Å². The van der Waals surface area contributed by atoms with Gasteiger partial charge in [0.1, 0.15) is 0 Å². The predicted molar refractivity (Wildman–Crippen MR) is 59.0 cm³/mol. The highest BCUT2D eigenvalue weighted by Crippen LogP contribution is 2.17. The van der Waals surface area contributed by atoms with Gasteiger partial charge in [0.15, 0.2) is 11.0 Å². The van der Waals surface area contributed by atoms with Crippen LogP contribution >= 0.6 is 11.6 Å². The molecule has 82 valence electrons. The van der Waals surface area contributed by atoms with Crippen LogP contribution in [0.3, 0.4) is 0 Å². The molecule has 1 rings (SSSR count). The number of halogens is 1. The standard InChI is InChI=1S/C9H13ClN4O/c1-11-7(15)3-6-14(2)9-8(10)12-4-5-13-9/h4-5H,3,6H2,1-2H3,(H,11,15). The number of carbonyl (C=O) groups is 1. The van der Waals surface area contributed by atoms with E-state index >= 15 is 0 Å². The Kier molecular flexibility index (Phi) is 4.30. The average molecular weight is 229 g/mol. The van der Waals surface area contributed by atoms with E-state index in [-0.39, 0.29) is 5.91 Å². The first-order valence-electron chi connectivity index (χ1n) is 4.53. The highest BCUT2D eigenvalue weighted by molar-refractivity contribution is 6.31. The zero-order chi connectivity index (χ0) is 11.3. The summed E-state index contributed by atoms with van der Waals surface area (Å²) < 4.78 is 0. The molecular formula is C9H13ClN4O. The molecule has 1 amide bonds. The lowest BCUT2D eigenvalue weighted by Crippen LogP contribution is -2.27. The van der Waals surface area contributed by atoms with Gasteiger partial charge in [-0.1, -0.05) is 11.6 Å². The molecule has 1 N–H and O–H groups in total. The molecule has 1 aromatic heterocycles. The van der Waals surface area contributed by atoms with Gasteiger partial charge in [-0.25, -0.2) is 9.97 Å². The fraction of sp³-hybridized carbons (Fsp3) is 0.444. The monoisotopic (exact) mass is 228 g/mol. The third-order valence-electron chi connectivity index (χ3n) is 1.95. The first-order chi connectivity index (χ1) is 7.15. The maximum Gasteiger partial charge on any atom is 0.221 e. The third-order valence-corrected chi connectivity index (χ3v) is 2.22. The van der Waals surface area contributed by atoms with Crippen LogP contribution in [0, 0.1) is 0 Å². The number of nitrogens with zero attached hydrogens (tertiary/aromatic N) is 3. The molecule has 6 heteroatoms. The van der Waals surface area contributed by atoms with Gasteiger partial charge in [0.05, 0.1) is 0 Å². The second kappa shape index (κ2) is 5.50. The van der Waals surface area contributed by atoms with Gasteiger partial charge < -0.3 is 10.2 Å². The molecule has 0 saturated heterocycles. The smallest absolute Gasteiger partial charge is 0.221 e. The van der Waals surface area contributed by atoms with E-state index in [0.29, 0.717) is 23.9 Å². The highest BCUT2D eigenvalue weighted by Gasteiger charge is 2.09. The van der Waals surface area contributed by atoms with Gasteiger partial charge in [0.2, 0.25) is 5.91 Å². The summed E-state index contributed by atoms with van der Waals surface area (Å²) in [6.07, 6.45) is 3.50. The topological polar surface area (TPSA) is 58.1 Å². The van der Waals surface area contributed by atoms with Crippen LogP contribution in [0.2, 0.25) is 5.15 Å². The Morgan fingerprint density at radius 3 is 2.80 bits per heavy atom. The molecule has 1 aromatic rings. The largest absolute Gasteiger partial charge is 0.359 e. The minimum absolute atomic E-state index is 0.0122. The van der Waals surface area contributed by atoms with E-state index in [1.54, 1.807) is 18.1 Å². The average Bonchev–Trinajstić information content (AvgIpc) is 2.26. The first-order valence-corrected chi connectivity index (χ1v) is 4.91. The fourth-order valence-corrected chi connectivity index (χ4v) is 1.32. The summed E-state index contributed by atoms with van der Waals surface area (Å²) in [7, 11) is 3.43. The quantitative estimate of drug-likeness (QED) is 0.825. The number of hydrogen-bond donors (Lipinski definition) is 1. The molecule has 0 atom stereocenters. The van der Waals surface area contributed by atoms with Crippen molar-refractivity contribution >= 4 is 23.3 Å². The summed E-state index contributed by atoms with van der Waals surface area (Å²) >= 11 is 5.85. The lowest BCUT2D eigenvalue weighted by Gasteiger charge is -2.17. The van der Waals surface area contributed by atoms with Crippen LogP contribution in [-0.2, 0) is 4.79 Å². The second-order valence-corrected chi connectivity index (χ2v) is 3.37. The molecule has 0 spiro atoms. The van der Waals surface area contributed by atoms with Gasteiger partial charge in [-0.05, 0) is 0 Å². The Bertz CT molecular complexity index is 345. The van der Waals surface area contributed by atoms with Crippen molar-refractivity contribution in [2.45, 2.75) is 6.42 Å². The fourth-order valence-electron chi connectivity index (χ4n) is 1.07. The number of aromatic nitrogens is 2. The Balaban J connectivity index is 2.57. The van der Waals surface area contributed by atoms with E-state index in [0.717, 1.165) is 0 Å². The maximum absolute atomic E-state index is 11.0. The summed E-state index contributed by atoms with van der Waals surface area (Å²) in [5.41, 5.74) is 0. The number of nitrogens with one attached hydrogen (secondary N) is 1. The molecule has 0 saturated carbocycles. The van der Waals surface area contributed by atoms with Gasteiger partial charge in [-0.3, -0.25) is 4.79 Å². The molecule has 1 heterocycles. The summed E-state index contributed by atoms with van der Waals surface area (Å²) in [6, 6.07) is 0. The lowest BCUT2D eigenvalue weighted by molar-refractivity contribution is -0.120. The third kappa shape index (κ3) is 3.36. The minimum Gasteiger partial charge on any atom is -0.359 e.